The van der Waals surface area contributed by atoms with Crippen LogP contribution in [-0.2, 0) is 9.53 Å². The van der Waals surface area contributed by atoms with E-state index in [2.05, 4.69) is 16.0 Å². The Balaban J connectivity index is 1.52. The van der Waals surface area contributed by atoms with Gasteiger partial charge in [0.15, 0.2) is 0 Å². The van der Waals surface area contributed by atoms with Crippen molar-refractivity contribution in [3.05, 3.63) is 93.0 Å². The molecular weight excluding hydrogens is 579 g/mol. The highest BCUT2D eigenvalue weighted by Gasteiger charge is 2.28. The van der Waals surface area contributed by atoms with Crippen LogP contribution < -0.4 is 16.0 Å². The Morgan fingerprint density at radius 2 is 1.61 bits per heavy atom. The Bertz CT molecular complexity index is 1530. The van der Waals surface area contributed by atoms with E-state index >= 15 is 0 Å². The molecule has 0 fully saturated rings. The molecule has 0 saturated carbocycles. The molecular formula is C30H29N3O5S3. The Kier molecular flexibility index (Phi) is 10.3. The van der Waals surface area contributed by atoms with Gasteiger partial charge in [-0.05, 0) is 67.6 Å². The van der Waals surface area contributed by atoms with Gasteiger partial charge in [0.25, 0.3) is 11.8 Å². The highest BCUT2D eigenvalue weighted by molar-refractivity contribution is 8.00. The van der Waals surface area contributed by atoms with Crippen LogP contribution in [0.1, 0.15) is 55.5 Å². The van der Waals surface area contributed by atoms with E-state index in [1.54, 1.807) is 38.1 Å². The minimum Gasteiger partial charge on any atom is -0.462 e. The Hall–Kier alpha value is -3.93. The molecule has 0 spiro atoms. The van der Waals surface area contributed by atoms with Crippen LogP contribution in [-0.4, -0.2) is 35.5 Å². The number of thiophene rings is 2. The summed E-state index contributed by atoms with van der Waals surface area (Å²) in [6, 6.07) is 19.9. The fraction of sp³-hybridized carbons (Fsp3) is 0.200. The van der Waals surface area contributed by atoms with Crippen molar-refractivity contribution >= 4 is 74.5 Å². The zero-order chi connectivity index (χ0) is 29.4. The number of thioether (sulfide) groups is 1. The van der Waals surface area contributed by atoms with Crippen molar-refractivity contribution in [1.29, 1.82) is 0 Å². The van der Waals surface area contributed by atoms with Gasteiger partial charge in [-0.15, -0.1) is 34.4 Å². The fourth-order valence-corrected chi connectivity index (χ4v) is 6.63. The third-order valence-electron chi connectivity index (χ3n) is 5.88. The third kappa shape index (κ3) is 7.63. The van der Waals surface area contributed by atoms with Gasteiger partial charge in [-0.3, -0.25) is 14.4 Å². The number of amides is 3. The average Bonchev–Trinajstić information content (AvgIpc) is 3.61. The predicted octanol–water partition coefficient (Wildman–Crippen LogP) is 7.31. The van der Waals surface area contributed by atoms with Gasteiger partial charge >= 0.3 is 5.97 Å². The summed E-state index contributed by atoms with van der Waals surface area (Å²) < 4.78 is 5.24. The first-order valence-electron chi connectivity index (χ1n) is 12.9. The molecule has 4 aromatic rings. The number of rotatable bonds is 11. The molecule has 11 heteroatoms. The molecule has 0 radical (unpaired) electrons. The van der Waals surface area contributed by atoms with Crippen molar-refractivity contribution in [2.45, 2.75) is 37.3 Å². The van der Waals surface area contributed by atoms with E-state index in [9.17, 15) is 19.2 Å². The van der Waals surface area contributed by atoms with E-state index in [-0.39, 0.29) is 34.9 Å². The highest BCUT2D eigenvalue weighted by atomic mass is 32.2. The molecule has 41 heavy (non-hydrogen) atoms. The number of ether oxygens (including phenoxy) is 1. The van der Waals surface area contributed by atoms with Crippen LogP contribution >= 0.6 is 34.4 Å². The number of carbonyl (C=O) groups excluding carboxylic acids is 4. The molecule has 0 aliphatic heterocycles. The van der Waals surface area contributed by atoms with Crippen molar-refractivity contribution < 1.29 is 23.9 Å². The molecule has 212 valence electrons. The summed E-state index contributed by atoms with van der Waals surface area (Å²) in [5.74, 6) is -1.50. The van der Waals surface area contributed by atoms with Gasteiger partial charge in [0.2, 0.25) is 5.91 Å². The maximum atomic E-state index is 13.4. The van der Waals surface area contributed by atoms with E-state index in [1.165, 1.54) is 23.1 Å². The highest BCUT2D eigenvalue weighted by Crippen LogP contribution is 2.36. The largest absolute Gasteiger partial charge is 0.462 e. The molecule has 3 N–H and O–H groups in total. The first-order valence-corrected chi connectivity index (χ1v) is 15.5. The van der Waals surface area contributed by atoms with Gasteiger partial charge in [-0.2, -0.15) is 0 Å². The molecule has 0 bridgehead atoms. The number of anilines is 3. The molecule has 2 aromatic heterocycles. The van der Waals surface area contributed by atoms with Gasteiger partial charge in [0.1, 0.15) is 5.00 Å². The number of nitrogens with one attached hydrogen (secondary N) is 3. The molecule has 0 saturated heterocycles. The average molecular weight is 608 g/mol. The summed E-state index contributed by atoms with van der Waals surface area (Å²) in [6.45, 7) is 5.41. The monoisotopic (exact) mass is 607 g/mol. The second-order valence-corrected chi connectivity index (χ2v) is 12.0. The normalized spacial score (nSPS) is 11.4. The maximum absolute atomic E-state index is 13.4. The number of benzene rings is 2. The SMILES string of the molecule is CCOC(=O)c1c(NC(=O)C(CC)Sc2cccc(NC(=O)c3cccs3)c2)sc(C(=O)Nc2ccccc2)c1C. The van der Waals surface area contributed by atoms with E-state index in [4.69, 9.17) is 4.74 Å². The molecule has 4 rings (SSSR count). The lowest BCUT2D eigenvalue weighted by atomic mass is 10.1. The Morgan fingerprint density at radius 1 is 0.878 bits per heavy atom. The molecule has 1 atom stereocenters. The van der Waals surface area contributed by atoms with Gasteiger partial charge in [0, 0.05) is 16.3 Å². The van der Waals surface area contributed by atoms with E-state index in [0.29, 0.717) is 33.1 Å². The summed E-state index contributed by atoms with van der Waals surface area (Å²) in [5.41, 5.74) is 1.84. The van der Waals surface area contributed by atoms with Gasteiger partial charge in [0.05, 0.1) is 27.2 Å². The quantitative estimate of drug-likeness (QED) is 0.122. The van der Waals surface area contributed by atoms with Gasteiger partial charge in [-0.25, -0.2) is 4.79 Å². The summed E-state index contributed by atoms with van der Waals surface area (Å²) >= 11 is 3.74. The van der Waals surface area contributed by atoms with E-state index < -0.39 is 11.2 Å². The van der Waals surface area contributed by atoms with Crippen molar-refractivity contribution in [3.63, 3.8) is 0 Å². The number of hydrogen-bond donors (Lipinski definition) is 3. The lowest BCUT2D eigenvalue weighted by Gasteiger charge is -2.15. The zero-order valence-corrected chi connectivity index (χ0v) is 25.1. The van der Waals surface area contributed by atoms with Crippen LogP contribution in [0.25, 0.3) is 0 Å². The molecule has 0 aliphatic carbocycles. The minimum atomic E-state index is -0.606. The van der Waals surface area contributed by atoms with Crippen molar-refractivity contribution in [3.8, 4) is 0 Å². The summed E-state index contributed by atoms with van der Waals surface area (Å²) in [7, 11) is 0. The summed E-state index contributed by atoms with van der Waals surface area (Å²) in [6.07, 6.45) is 0.503. The second kappa shape index (κ2) is 14.1. The number of hydrogen-bond acceptors (Lipinski definition) is 8. The number of para-hydroxylation sites is 1. The first kappa shape index (κ1) is 30.0. The molecule has 3 amide bonds. The smallest absolute Gasteiger partial charge is 0.341 e. The minimum absolute atomic E-state index is 0.153. The Morgan fingerprint density at radius 3 is 2.29 bits per heavy atom. The molecule has 2 aromatic carbocycles. The molecule has 1 unspecified atom stereocenters. The van der Waals surface area contributed by atoms with Crippen LogP contribution in [0.15, 0.2) is 77.0 Å². The van der Waals surface area contributed by atoms with Crippen molar-refractivity contribution in [1.82, 2.24) is 0 Å². The standard InChI is InChI=1S/C30H29N3O5S3/c1-4-22(40-21-14-9-13-20(17-21)32-27(35)23-15-10-16-39-23)26(34)33-29-24(30(37)38-5-2)18(3)25(41-29)28(36)31-19-11-7-6-8-12-19/h6-17,22H,4-5H2,1-3H3,(H,31,36)(H,32,35)(H,33,34). The molecule has 8 nitrogen and oxygen atoms in total. The number of esters is 1. The van der Waals surface area contributed by atoms with Crippen LogP contribution in [0.5, 0.6) is 0 Å². The van der Waals surface area contributed by atoms with Crippen LogP contribution in [0, 0.1) is 6.92 Å². The van der Waals surface area contributed by atoms with Crippen molar-refractivity contribution in [2.24, 2.45) is 0 Å². The lowest BCUT2D eigenvalue weighted by molar-refractivity contribution is -0.115. The van der Waals surface area contributed by atoms with Gasteiger partial charge in [-0.1, -0.05) is 37.3 Å². The van der Waals surface area contributed by atoms with Gasteiger partial charge < -0.3 is 20.7 Å². The van der Waals surface area contributed by atoms with Crippen LogP contribution in [0.3, 0.4) is 0 Å². The van der Waals surface area contributed by atoms with Crippen LogP contribution in [0.4, 0.5) is 16.4 Å². The third-order valence-corrected chi connectivity index (χ3v) is 9.31. The topological polar surface area (TPSA) is 114 Å². The maximum Gasteiger partial charge on any atom is 0.341 e. The second-order valence-electron chi connectivity index (χ2n) is 8.76. The predicted molar refractivity (Wildman–Crippen MR) is 167 cm³/mol. The fourth-order valence-electron chi connectivity index (χ4n) is 3.90. The summed E-state index contributed by atoms with van der Waals surface area (Å²) in [4.78, 5) is 53.5. The summed E-state index contributed by atoms with van der Waals surface area (Å²) in [5, 5.41) is 10.2. The Labute approximate surface area is 250 Å². The van der Waals surface area contributed by atoms with E-state index in [0.717, 1.165) is 16.2 Å². The first-order chi connectivity index (χ1) is 19.8. The molecule has 0 aliphatic rings. The lowest BCUT2D eigenvalue weighted by Crippen LogP contribution is -2.25. The molecule has 2 heterocycles. The van der Waals surface area contributed by atoms with Crippen molar-refractivity contribution in [2.75, 3.05) is 22.6 Å². The zero-order valence-electron chi connectivity index (χ0n) is 22.7. The number of carbonyl (C=O) groups is 4. The van der Waals surface area contributed by atoms with Crippen LogP contribution in [0.2, 0.25) is 0 Å². The van der Waals surface area contributed by atoms with E-state index in [1.807, 2.05) is 54.8 Å².